The Hall–Kier alpha value is -2.57. The zero-order valence-corrected chi connectivity index (χ0v) is 15.8. The van der Waals surface area contributed by atoms with Crippen LogP contribution < -0.4 is 4.74 Å². The number of hydrogen-bond acceptors (Lipinski definition) is 4. The van der Waals surface area contributed by atoms with E-state index in [1.165, 1.54) is 0 Å². The number of para-hydroxylation sites is 1. The second kappa shape index (κ2) is 7.58. The lowest BCUT2D eigenvalue weighted by atomic mass is 10.1. The topological polar surface area (TPSA) is 60.2 Å². The van der Waals surface area contributed by atoms with Crippen LogP contribution in [0.25, 0.3) is 0 Å². The van der Waals surface area contributed by atoms with Crippen LogP contribution >= 0.6 is 23.2 Å². The van der Waals surface area contributed by atoms with Crippen molar-refractivity contribution in [1.29, 1.82) is 0 Å². The molecule has 0 atom stereocenters. The Balaban J connectivity index is 1.33. The lowest BCUT2D eigenvalue weighted by molar-refractivity contribution is 0.0498. The van der Waals surface area contributed by atoms with Crippen LogP contribution in [0.5, 0.6) is 5.75 Å². The third-order valence-corrected chi connectivity index (χ3v) is 4.92. The third-order valence-electron chi connectivity index (χ3n) is 4.37. The van der Waals surface area contributed by atoms with Gasteiger partial charge >= 0.3 is 0 Å². The van der Waals surface area contributed by atoms with Crippen LogP contribution in [0.1, 0.15) is 22.1 Å². The molecule has 2 heterocycles. The number of carbonyl (C=O) groups excluding carboxylic acids is 1. The average molecular weight is 403 g/mol. The first-order valence-electron chi connectivity index (χ1n) is 8.43. The molecule has 1 amide bonds. The van der Waals surface area contributed by atoms with E-state index in [9.17, 15) is 4.79 Å². The van der Waals surface area contributed by atoms with E-state index in [-0.39, 0.29) is 11.9 Å². The molecule has 0 bridgehead atoms. The molecule has 0 saturated carbocycles. The lowest BCUT2D eigenvalue weighted by Gasteiger charge is -2.39. The van der Waals surface area contributed by atoms with E-state index in [0.29, 0.717) is 35.3 Å². The van der Waals surface area contributed by atoms with Crippen molar-refractivity contribution >= 4 is 29.1 Å². The zero-order valence-electron chi connectivity index (χ0n) is 14.3. The molecule has 8 heteroatoms. The third kappa shape index (κ3) is 3.91. The molecule has 1 fully saturated rings. The van der Waals surface area contributed by atoms with Gasteiger partial charge in [-0.25, -0.2) is 4.68 Å². The molecule has 0 unspecified atom stereocenters. The number of hydrogen-bond donors (Lipinski definition) is 0. The summed E-state index contributed by atoms with van der Waals surface area (Å²) in [6.07, 6.45) is 1.85. The van der Waals surface area contributed by atoms with Crippen molar-refractivity contribution in [3.63, 3.8) is 0 Å². The number of aromatic nitrogens is 3. The van der Waals surface area contributed by atoms with Gasteiger partial charge in [-0.1, -0.05) is 46.6 Å². The fraction of sp³-hybridized carbons (Fsp3) is 0.211. The van der Waals surface area contributed by atoms with Crippen LogP contribution in [-0.4, -0.2) is 38.9 Å². The first-order chi connectivity index (χ1) is 13.1. The van der Waals surface area contributed by atoms with E-state index in [1.54, 1.807) is 27.8 Å². The molecular weight excluding hydrogens is 387 g/mol. The number of ether oxygens (including phenoxy) is 1. The van der Waals surface area contributed by atoms with E-state index in [0.717, 1.165) is 11.4 Å². The summed E-state index contributed by atoms with van der Waals surface area (Å²) < 4.78 is 7.45. The molecule has 1 aliphatic rings. The number of carbonyl (C=O) groups is 1. The molecule has 3 aromatic rings. The zero-order chi connectivity index (χ0) is 18.8. The van der Waals surface area contributed by atoms with Crippen molar-refractivity contribution in [1.82, 2.24) is 19.9 Å². The van der Waals surface area contributed by atoms with E-state index >= 15 is 0 Å². The molecule has 4 rings (SSSR count). The van der Waals surface area contributed by atoms with Crippen molar-refractivity contribution in [2.24, 2.45) is 0 Å². The van der Waals surface area contributed by atoms with Gasteiger partial charge in [0, 0.05) is 18.1 Å². The van der Waals surface area contributed by atoms with Crippen LogP contribution in [-0.2, 0) is 6.61 Å². The minimum Gasteiger partial charge on any atom is -0.487 e. The van der Waals surface area contributed by atoms with Crippen LogP contribution in [0, 0.1) is 0 Å². The highest BCUT2D eigenvalue weighted by atomic mass is 35.5. The normalized spacial score (nSPS) is 14.1. The van der Waals surface area contributed by atoms with Crippen molar-refractivity contribution in [2.75, 3.05) is 13.1 Å². The van der Waals surface area contributed by atoms with Crippen LogP contribution in [0.3, 0.4) is 0 Å². The predicted octanol–water partition coefficient (Wildman–Crippen LogP) is 3.86. The van der Waals surface area contributed by atoms with Gasteiger partial charge in [0.15, 0.2) is 0 Å². The smallest absolute Gasteiger partial charge is 0.255 e. The van der Waals surface area contributed by atoms with E-state index in [2.05, 4.69) is 10.3 Å². The van der Waals surface area contributed by atoms with E-state index in [1.807, 2.05) is 36.5 Å². The van der Waals surface area contributed by atoms with Crippen LogP contribution in [0.2, 0.25) is 10.0 Å². The summed E-state index contributed by atoms with van der Waals surface area (Å²) >= 11 is 12.0. The quantitative estimate of drug-likeness (QED) is 0.649. The van der Waals surface area contributed by atoms with Gasteiger partial charge in [-0.05, 0) is 30.3 Å². The molecule has 138 valence electrons. The monoisotopic (exact) mass is 402 g/mol. The molecule has 1 aromatic heterocycles. The minimum atomic E-state index is -0.110. The molecule has 27 heavy (non-hydrogen) atoms. The maximum atomic E-state index is 12.5. The standard InChI is InChI=1S/C19H16Cl2N4O2/c20-13-6-7-17(18(21)8-13)19(26)24-10-15(11-24)25-9-14(22-23-25)12-27-16-4-2-1-3-5-16/h1-9,15H,10-12H2. The van der Waals surface area contributed by atoms with Gasteiger partial charge in [0.05, 0.1) is 22.8 Å². The lowest BCUT2D eigenvalue weighted by Crippen LogP contribution is -2.51. The summed E-state index contributed by atoms with van der Waals surface area (Å²) in [5, 5.41) is 9.15. The van der Waals surface area contributed by atoms with Gasteiger partial charge < -0.3 is 9.64 Å². The summed E-state index contributed by atoms with van der Waals surface area (Å²) in [5.74, 6) is 0.674. The Morgan fingerprint density at radius 1 is 1.15 bits per heavy atom. The number of amides is 1. The minimum absolute atomic E-state index is 0.0954. The molecule has 0 spiro atoms. The number of likely N-dealkylation sites (tertiary alicyclic amines) is 1. The Bertz CT molecular complexity index is 955. The maximum absolute atomic E-state index is 12.5. The highest BCUT2D eigenvalue weighted by Crippen LogP contribution is 2.27. The largest absolute Gasteiger partial charge is 0.487 e. The van der Waals surface area contributed by atoms with Gasteiger partial charge in [0.1, 0.15) is 18.1 Å². The van der Waals surface area contributed by atoms with Gasteiger partial charge in [-0.15, -0.1) is 5.10 Å². The molecular formula is C19H16Cl2N4O2. The first-order valence-corrected chi connectivity index (χ1v) is 9.18. The molecule has 1 aliphatic heterocycles. The van der Waals surface area contributed by atoms with Crippen molar-refractivity contribution < 1.29 is 9.53 Å². The van der Waals surface area contributed by atoms with Crippen molar-refractivity contribution in [3.05, 3.63) is 76.0 Å². The fourth-order valence-corrected chi connectivity index (χ4v) is 3.34. The first kappa shape index (κ1) is 17.8. The second-order valence-electron chi connectivity index (χ2n) is 6.28. The van der Waals surface area contributed by atoms with Gasteiger partial charge in [0.25, 0.3) is 5.91 Å². The molecule has 6 nitrogen and oxygen atoms in total. The second-order valence-corrected chi connectivity index (χ2v) is 7.12. The predicted molar refractivity (Wildman–Crippen MR) is 102 cm³/mol. The van der Waals surface area contributed by atoms with Crippen molar-refractivity contribution in [3.8, 4) is 5.75 Å². The van der Waals surface area contributed by atoms with E-state index in [4.69, 9.17) is 27.9 Å². The van der Waals surface area contributed by atoms with E-state index < -0.39 is 0 Å². The highest BCUT2D eigenvalue weighted by molar-refractivity contribution is 6.36. The Kier molecular flexibility index (Phi) is 5.01. The summed E-state index contributed by atoms with van der Waals surface area (Å²) in [6.45, 7) is 1.46. The number of halogens is 2. The van der Waals surface area contributed by atoms with Gasteiger partial charge in [-0.3, -0.25) is 4.79 Å². The molecule has 2 aromatic carbocycles. The summed E-state index contributed by atoms with van der Waals surface area (Å²) in [5.41, 5.74) is 1.19. The number of benzene rings is 2. The molecule has 1 saturated heterocycles. The Morgan fingerprint density at radius 3 is 2.67 bits per heavy atom. The van der Waals surface area contributed by atoms with Gasteiger partial charge in [-0.2, -0.15) is 0 Å². The van der Waals surface area contributed by atoms with Crippen LogP contribution in [0.4, 0.5) is 0 Å². The SMILES string of the molecule is O=C(c1ccc(Cl)cc1Cl)N1CC(n2cc(COc3ccccc3)nn2)C1. The highest BCUT2D eigenvalue weighted by Gasteiger charge is 2.34. The average Bonchev–Trinajstić information content (AvgIpc) is 3.08. The molecule has 0 aliphatic carbocycles. The van der Waals surface area contributed by atoms with Gasteiger partial charge in [0.2, 0.25) is 0 Å². The van der Waals surface area contributed by atoms with Crippen molar-refractivity contribution in [2.45, 2.75) is 12.6 Å². The summed E-state index contributed by atoms with van der Waals surface area (Å²) in [4.78, 5) is 14.3. The Morgan fingerprint density at radius 2 is 1.93 bits per heavy atom. The van der Waals surface area contributed by atoms with Crippen LogP contribution in [0.15, 0.2) is 54.7 Å². The molecule has 0 N–H and O–H groups in total. The maximum Gasteiger partial charge on any atom is 0.255 e. The number of rotatable bonds is 5. The summed E-state index contributed by atoms with van der Waals surface area (Å²) in [7, 11) is 0. The fourth-order valence-electron chi connectivity index (χ4n) is 2.85. The molecule has 0 radical (unpaired) electrons. The summed E-state index contributed by atoms with van der Waals surface area (Å²) in [6, 6.07) is 14.5. The number of nitrogens with zero attached hydrogens (tertiary/aromatic N) is 4. The Labute approximate surface area is 166 Å².